The SMILES string of the molecule is Fc1cc(F)c(-c2ccccn2)c(-c2cc(F)cc(F)c2-c2ccccn2)c1. The van der Waals surface area contributed by atoms with Crippen LogP contribution < -0.4 is 0 Å². The zero-order valence-electron chi connectivity index (χ0n) is 14.3. The van der Waals surface area contributed by atoms with Gasteiger partial charge >= 0.3 is 0 Å². The Labute approximate surface area is 158 Å². The van der Waals surface area contributed by atoms with Crippen LogP contribution >= 0.6 is 0 Å². The van der Waals surface area contributed by atoms with Crippen LogP contribution in [0.25, 0.3) is 33.6 Å². The van der Waals surface area contributed by atoms with E-state index in [1.54, 1.807) is 24.3 Å². The lowest BCUT2D eigenvalue weighted by Gasteiger charge is -2.16. The van der Waals surface area contributed by atoms with Crippen LogP contribution in [0, 0.1) is 23.3 Å². The van der Waals surface area contributed by atoms with Gasteiger partial charge in [0.1, 0.15) is 23.3 Å². The molecule has 0 atom stereocenters. The summed E-state index contributed by atoms with van der Waals surface area (Å²) < 4.78 is 57.6. The first-order valence-electron chi connectivity index (χ1n) is 8.36. The van der Waals surface area contributed by atoms with Gasteiger partial charge in [0, 0.05) is 35.7 Å². The molecule has 138 valence electrons. The number of hydrogen-bond donors (Lipinski definition) is 0. The minimum absolute atomic E-state index is 0.0183. The molecule has 0 spiro atoms. The first-order chi connectivity index (χ1) is 13.5. The minimum Gasteiger partial charge on any atom is -0.256 e. The van der Waals surface area contributed by atoms with Gasteiger partial charge in [0.25, 0.3) is 0 Å². The highest BCUT2D eigenvalue weighted by Gasteiger charge is 2.22. The van der Waals surface area contributed by atoms with Crippen molar-refractivity contribution in [1.82, 2.24) is 9.97 Å². The third-order valence-electron chi connectivity index (χ3n) is 4.24. The summed E-state index contributed by atoms with van der Waals surface area (Å²) in [5.74, 6) is -3.51. The van der Waals surface area contributed by atoms with Gasteiger partial charge in [0.2, 0.25) is 0 Å². The molecule has 2 aromatic carbocycles. The first kappa shape index (κ1) is 17.9. The van der Waals surface area contributed by atoms with E-state index in [2.05, 4.69) is 9.97 Å². The van der Waals surface area contributed by atoms with Crippen molar-refractivity contribution in [3.05, 3.63) is 96.3 Å². The fourth-order valence-electron chi connectivity index (χ4n) is 3.11. The Hall–Kier alpha value is -3.54. The highest BCUT2D eigenvalue weighted by molar-refractivity contribution is 5.90. The Morgan fingerprint density at radius 3 is 1.32 bits per heavy atom. The molecule has 0 amide bonds. The topological polar surface area (TPSA) is 25.8 Å². The Bertz CT molecular complexity index is 1050. The second-order valence-corrected chi connectivity index (χ2v) is 6.05. The van der Waals surface area contributed by atoms with E-state index in [4.69, 9.17) is 0 Å². The number of nitrogens with zero attached hydrogens (tertiary/aromatic N) is 2. The summed E-state index contributed by atoms with van der Waals surface area (Å²) in [7, 11) is 0. The monoisotopic (exact) mass is 380 g/mol. The quantitative estimate of drug-likeness (QED) is 0.405. The smallest absolute Gasteiger partial charge is 0.136 e. The van der Waals surface area contributed by atoms with Gasteiger partial charge < -0.3 is 0 Å². The highest BCUT2D eigenvalue weighted by Crippen LogP contribution is 2.40. The van der Waals surface area contributed by atoms with Crippen LogP contribution in [0.2, 0.25) is 0 Å². The minimum atomic E-state index is -0.884. The molecule has 0 saturated carbocycles. The van der Waals surface area contributed by atoms with Crippen LogP contribution in [0.4, 0.5) is 17.6 Å². The summed E-state index contributed by atoms with van der Waals surface area (Å²) in [5, 5.41) is 0. The van der Waals surface area contributed by atoms with Gasteiger partial charge in [0.15, 0.2) is 0 Å². The van der Waals surface area contributed by atoms with Gasteiger partial charge in [-0.2, -0.15) is 0 Å². The van der Waals surface area contributed by atoms with Gasteiger partial charge in [0.05, 0.1) is 11.4 Å². The lowest BCUT2D eigenvalue weighted by atomic mass is 9.91. The Balaban J connectivity index is 2.09. The van der Waals surface area contributed by atoms with Gasteiger partial charge in [-0.15, -0.1) is 0 Å². The molecule has 2 nitrogen and oxygen atoms in total. The van der Waals surface area contributed by atoms with Crippen LogP contribution in [0.1, 0.15) is 0 Å². The van der Waals surface area contributed by atoms with Crippen molar-refractivity contribution in [3.8, 4) is 33.6 Å². The second-order valence-electron chi connectivity index (χ2n) is 6.05. The zero-order chi connectivity index (χ0) is 19.7. The maximum absolute atomic E-state index is 14.7. The standard InChI is InChI=1S/C22H12F4N2/c23-13-9-15(21(17(25)11-13)19-5-1-3-7-27-19)16-10-14(24)12-18(26)22(16)20-6-2-4-8-28-20/h1-12H. The predicted octanol–water partition coefficient (Wildman–Crippen LogP) is 6.03. The number of benzene rings is 2. The maximum Gasteiger partial charge on any atom is 0.136 e. The highest BCUT2D eigenvalue weighted by atomic mass is 19.1. The Morgan fingerprint density at radius 1 is 0.536 bits per heavy atom. The van der Waals surface area contributed by atoms with Crippen molar-refractivity contribution in [3.63, 3.8) is 0 Å². The Morgan fingerprint density at radius 2 is 0.964 bits per heavy atom. The lowest BCUT2D eigenvalue weighted by Crippen LogP contribution is -1.99. The van der Waals surface area contributed by atoms with Gasteiger partial charge in [-0.1, -0.05) is 12.1 Å². The third kappa shape index (κ3) is 3.24. The van der Waals surface area contributed by atoms with E-state index in [1.165, 1.54) is 24.5 Å². The van der Waals surface area contributed by atoms with Crippen LogP contribution in [0.3, 0.4) is 0 Å². The summed E-state index contributed by atoms with van der Waals surface area (Å²) in [6, 6.07) is 13.1. The average Bonchev–Trinajstić information content (AvgIpc) is 2.68. The van der Waals surface area contributed by atoms with Crippen molar-refractivity contribution in [1.29, 1.82) is 0 Å². The zero-order valence-corrected chi connectivity index (χ0v) is 14.3. The molecule has 0 fully saturated rings. The predicted molar refractivity (Wildman–Crippen MR) is 98.2 cm³/mol. The first-order valence-corrected chi connectivity index (χ1v) is 8.36. The van der Waals surface area contributed by atoms with Crippen LogP contribution in [0.15, 0.2) is 73.1 Å². The van der Waals surface area contributed by atoms with Crippen molar-refractivity contribution in [2.75, 3.05) is 0 Å². The molecule has 0 aliphatic rings. The molecule has 0 unspecified atom stereocenters. The largest absolute Gasteiger partial charge is 0.256 e. The molecule has 28 heavy (non-hydrogen) atoms. The van der Waals surface area contributed by atoms with E-state index in [9.17, 15) is 17.6 Å². The van der Waals surface area contributed by atoms with Crippen molar-refractivity contribution in [2.24, 2.45) is 0 Å². The summed E-state index contributed by atoms with van der Waals surface area (Å²) in [5.41, 5.74) is 0.289. The number of aromatic nitrogens is 2. The fraction of sp³-hybridized carbons (Fsp3) is 0. The lowest BCUT2D eigenvalue weighted by molar-refractivity contribution is 0.582. The molecule has 0 N–H and O–H groups in total. The van der Waals surface area contributed by atoms with E-state index in [1.807, 2.05) is 0 Å². The number of halogens is 4. The van der Waals surface area contributed by atoms with Gasteiger partial charge in [-0.05, 0) is 47.5 Å². The molecular weight excluding hydrogens is 368 g/mol. The van der Waals surface area contributed by atoms with Crippen LogP contribution in [-0.2, 0) is 0 Å². The average molecular weight is 380 g/mol. The molecule has 0 aliphatic heterocycles. The van der Waals surface area contributed by atoms with Crippen LogP contribution in [-0.4, -0.2) is 9.97 Å². The van der Waals surface area contributed by atoms with E-state index in [-0.39, 0.29) is 33.6 Å². The van der Waals surface area contributed by atoms with Gasteiger partial charge in [-0.3, -0.25) is 9.97 Å². The van der Waals surface area contributed by atoms with E-state index < -0.39 is 23.3 Å². The van der Waals surface area contributed by atoms with Crippen molar-refractivity contribution < 1.29 is 17.6 Å². The van der Waals surface area contributed by atoms with Crippen LogP contribution in [0.5, 0.6) is 0 Å². The van der Waals surface area contributed by atoms with Gasteiger partial charge in [-0.25, -0.2) is 17.6 Å². The van der Waals surface area contributed by atoms with E-state index >= 15 is 0 Å². The third-order valence-corrected chi connectivity index (χ3v) is 4.24. The number of hydrogen-bond acceptors (Lipinski definition) is 2. The summed E-state index contributed by atoms with van der Waals surface area (Å²) in [6.45, 7) is 0. The summed E-state index contributed by atoms with van der Waals surface area (Å²) in [4.78, 5) is 8.21. The molecule has 6 heteroatoms. The fourth-order valence-corrected chi connectivity index (χ4v) is 3.11. The summed E-state index contributed by atoms with van der Waals surface area (Å²) >= 11 is 0. The second kappa shape index (κ2) is 7.23. The molecule has 4 rings (SSSR count). The van der Waals surface area contributed by atoms with E-state index in [0.29, 0.717) is 12.1 Å². The molecular formula is C22H12F4N2. The summed E-state index contributed by atoms with van der Waals surface area (Å²) in [6.07, 6.45) is 2.90. The maximum atomic E-state index is 14.7. The number of rotatable bonds is 3. The number of pyridine rings is 2. The normalized spacial score (nSPS) is 10.9. The molecule has 0 saturated heterocycles. The Kier molecular flexibility index (Phi) is 4.61. The molecule has 2 heterocycles. The van der Waals surface area contributed by atoms with Crippen molar-refractivity contribution in [2.45, 2.75) is 0 Å². The molecule has 0 bridgehead atoms. The molecule has 0 radical (unpaired) electrons. The van der Waals surface area contributed by atoms with E-state index in [0.717, 1.165) is 12.1 Å². The molecule has 4 aromatic rings. The van der Waals surface area contributed by atoms with Crippen molar-refractivity contribution >= 4 is 0 Å². The molecule has 2 aromatic heterocycles. The molecule has 0 aliphatic carbocycles.